The van der Waals surface area contributed by atoms with Gasteiger partial charge in [-0.1, -0.05) is 19.1 Å². The number of rotatable bonds is 8. The Hall–Kier alpha value is -3.34. The lowest BCUT2D eigenvalue weighted by Gasteiger charge is -2.48. The van der Waals surface area contributed by atoms with Crippen LogP contribution in [0.25, 0.3) is 0 Å². The molecule has 2 aromatic carbocycles. The minimum atomic E-state index is -4.63. The Morgan fingerprint density at radius 2 is 1.90 bits per heavy atom. The number of nitrogens with one attached hydrogen (secondary N) is 1. The Morgan fingerprint density at radius 3 is 2.51 bits per heavy atom. The molecule has 208 valence electrons. The molecule has 11 heteroatoms. The van der Waals surface area contributed by atoms with E-state index < -0.39 is 41.8 Å². The Labute approximate surface area is 223 Å². The summed E-state index contributed by atoms with van der Waals surface area (Å²) in [6.45, 7) is 3.86. The minimum absolute atomic E-state index is 0.0140. The topological polar surface area (TPSA) is 63.0 Å². The third-order valence-electron chi connectivity index (χ3n) is 7.94. The zero-order valence-corrected chi connectivity index (χ0v) is 21.9. The van der Waals surface area contributed by atoms with Gasteiger partial charge in [0.15, 0.2) is 0 Å². The molecule has 39 heavy (non-hydrogen) atoms. The molecule has 1 N–H and O–H groups in total. The van der Waals surface area contributed by atoms with E-state index in [2.05, 4.69) is 15.5 Å². The van der Waals surface area contributed by atoms with Crippen LogP contribution in [0.1, 0.15) is 71.5 Å². The van der Waals surface area contributed by atoms with Gasteiger partial charge in [0, 0.05) is 55.6 Å². The summed E-state index contributed by atoms with van der Waals surface area (Å²) in [5, 5.41) is 11.1. The fraction of sp³-hybridized carbons (Fsp3) is 0.464. The first kappa shape index (κ1) is 27.2. The Morgan fingerprint density at radius 1 is 1.15 bits per heavy atom. The van der Waals surface area contributed by atoms with Crippen LogP contribution < -0.4 is 10.2 Å². The third kappa shape index (κ3) is 5.16. The van der Waals surface area contributed by atoms with E-state index in [-0.39, 0.29) is 36.7 Å². The van der Waals surface area contributed by atoms with Crippen LogP contribution >= 0.6 is 0 Å². The number of carbonyl (C=O) groups excluding carboxylic acids is 1. The maximum Gasteiger partial charge on any atom is 0.416 e. The van der Waals surface area contributed by atoms with Crippen molar-refractivity contribution in [2.24, 2.45) is 7.05 Å². The number of aromatic nitrogens is 3. The molecule has 6 nitrogen and oxygen atoms in total. The molecule has 0 radical (unpaired) electrons. The standard InChI is InChI=1S/C28H30F5N5O/c1-4-17(2)34-12-18-8-21-22(23(9-18)28(31,32)33)13-38(25(21)39)20-7-5-6-19(10-20)26(14-27(29,30)15-26)11-24-36-35-16-37(24)3/h5-10,16-17,34H,4,11-15H2,1-3H3/t17-/m0/s1. The number of alkyl halides is 5. The van der Waals surface area contributed by atoms with E-state index in [9.17, 15) is 26.7 Å². The van der Waals surface area contributed by atoms with E-state index in [0.29, 0.717) is 22.6 Å². The SMILES string of the molecule is CC[C@H](C)NCc1cc2c(c(C(F)(F)F)c1)CN(c1cccc(C3(Cc4nncn4C)CC(F)(F)C3)c1)C2=O. The van der Waals surface area contributed by atoms with E-state index in [1.54, 1.807) is 35.9 Å². The Bertz CT molecular complexity index is 1390. The fourth-order valence-corrected chi connectivity index (χ4v) is 5.61. The molecule has 1 aliphatic carbocycles. The van der Waals surface area contributed by atoms with Crippen molar-refractivity contribution in [1.29, 1.82) is 0 Å². The molecule has 1 aliphatic heterocycles. The summed E-state index contributed by atoms with van der Waals surface area (Å²) in [6.07, 6.45) is -2.89. The first-order valence-corrected chi connectivity index (χ1v) is 12.9. The van der Waals surface area contributed by atoms with Gasteiger partial charge >= 0.3 is 6.18 Å². The molecule has 0 unspecified atom stereocenters. The summed E-state index contributed by atoms with van der Waals surface area (Å²) in [4.78, 5) is 14.8. The molecule has 1 amide bonds. The number of nitrogens with zero attached hydrogens (tertiary/aromatic N) is 4. The maximum atomic E-state index is 14.2. The van der Waals surface area contributed by atoms with Crippen molar-refractivity contribution in [3.8, 4) is 0 Å². The lowest BCUT2D eigenvalue weighted by atomic mass is 9.60. The quantitative estimate of drug-likeness (QED) is 0.363. The zero-order valence-electron chi connectivity index (χ0n) is 21.9. The van der Waals surface area contributed by atoms with Crippen LogP contribution in [0.2, 0.25) is 0 Å². The number of aryl methyl sites for hydroxylation is 1. The molecule has 0 bridgehead atoms. The van der Waals surface area contributed by atoms with Crippen LogP contribution in [0, 0.1) is 0 Å². The highest BCUT2D eigenvalue weighted by Gasteiger charge is 2.57. The van der Waals surface area contributed by atoms with Crippen molar-refractivity contribution >= 4 is 11.6 Å². The van der Waals surface area contributed by atoms with Crippen molar-refractivity contribution in [2.75, 3.05) is 4.90 Å². The Balaban J connectivity index is 1.48. The summed E-state index contributed by atoms with van der Waals surface area (Å²) in [5.74, 6) is -2.83. The second kappa shape index (κ2) is 9.69. The van der Waals surface area contributed by atoms with Crippen LogP contribution in [0.5, 0.6) is 0 Å². The molecule has 0 saturated heterocycles. The highest BCUT2D eigenvalue weighted by Crippen LogP contribution is 2.55. The van der Waals surface area contributed by atoms with Gasteiger partial charge in [-0.15, -0.1) is 10.2 Å². The number of halogens is 5. The van der Waals surface area contributed by atoms with E-state index in [4.69, 9.17) is 0 Å². The van der Waals surface area contributed by atoms with Crippen molar-refractivity contribution in [1.82, 2.24) is 20.1 Å². The molecule has 1 atom stereocenters. The van der Waals surface area contributed by atoms with E-state index in [1.165, 1.54) is 17.3 Å². The number of fused-ring (bicyclic) bond motifs is 1. The maximum absolute atomic E-state index is 14.2. The second-order valence-electron chi connectivity index (χ2n) is 10.8. The van der Waals surface area contributed by atoms with Crippen molar-refractivity contribution in [3.05, 3.63) is 76.4 Å². The van der Waals surface area contributed by atoms with Crippen molar-refractivity contribution < 1.29 is 26.7 Å². The third-order valence-corrected chi connectivity index (χ3v) is 7.94. The van der Waals surface area contributed by atoms with Gasteiger partial charge in [0.25, 0.3) is 5.91 Å². The van der Waals surface area contributed by atoms with Crippen LogP contribution in [-0.4, -0.2) is 32.6 Å². The summed E-state index contributed by atoms with van der Waals surface area (Å²) in [6, 6.07) is 9.38. The normalized spacial score (nSPS) is 18.7. The van der Waals surface area contributed by atoms with E-state index >= 15 is 0 Å². The number of hydrogen-bond donors (Lipinski definition) is 1. The van der Waals surface area contributed by atoms with E-state index in [0.717, 1.165) is 12.5 Å². The van der Waals surface area contributed by atoms with Gasteiger partial charge in [0.2, 0.25) is 5.92 Å². The molecule has 5 rings (SSSR count). The molecule has 2 heterocycles. The predicted octanol–water partition coefficient (Wildman–Crippen LogP) is 5.79. The average Bonchev–Trinajstić information content (AvgIpc) is 3.42. The van der Waals surface area contributed by atoms with Crippen LogP contribution in [-0.2, 0) is 38.1 Å². The lowest BCUT2D eigenvalue weighted by molar-refractivity contribution is -0.138. The van der Waals surface area contributed by atoms with Gasteiger partial charge in [-0.2, -0.15) is 13.2 Å². The predicted molar refractivity (Wildman–Crippen MR) is 136 cm³/mol. The lowest BCUT2D eigenvalue weighted by Crippen LogP contribution is -2.51. The molecule has 1 aromatic heterocycles. The van der Waals surface area contributed by atoms with Crippen LogP contribution in [0.3, 0.4) is 0 Å². The average molecular weight is 548 g/mol. The van der Waals surface area contributed by atoms with Gasteiger partial charge in [-0.05, 0) is 54.3 Å². The molecule has 0 spiro atoms. The number of amides is 1. The minimum Gasteiger partial charge on any atom is -0.321 e. The summed E-state index contributed by atoms with van der Waals surface area (Å²) in [5.41, 5.74) is -0.479. The molecule has 3 aromatic rings. The van der Waals surface area contributed by atoms with Crippen molar-refractivity contribution in [2.45, 2.75) is 76.2 Å². The molecular weight excluding hydrogens is 517 g/mol. The van der Waals surface area contributed by atoms with Gasteiger partial charge in [0.1, 0.15) is 12.2 Å². The zero-order chi connectivity index (χ0) is 28.2. The van der Waals surface area contributed by atoms with Crippen LogP contribution in [0.15, 0.2) is 42.7 Å². The second-order valence-corrected chi connectivity index (χ2v) is 10.8. The molecular formula is C28H30F5N5O. The number of benzene rings is 2. The summed E-state index contributed by atoms with van der Waals surface area (Å²) >= 11 is 0. The molecule has 1 fully saturated rings. The van der Waals surface area contributed by atoms with Gasteiger partial charge in [-0.25, -0.2) is 8.78 Å². The first-order valence-electron chi connectivity index (χ1n) is 12.9. The largest absolute Gasteiger partial charge is 0.416 e. The Kier molecular flexibility index (Phi) is 6.77. The van der Waals surface area contributed by atoms with Gasteiger partial charge in [0.05, 0.1) is 12.1 Å². The number of carbonyl (C=O) groups is 1. The molecule has 2 aliphatic rings. The fourth-order valence-electron chi connectivity index (χ4n) is 5.61. The number of hydrogen-bond acceptors (Lipinski definition) is 4. The van der Waals surface area contributed by atoms with Crippen LogP contribution in [0.4, 0.5) is 27.6 Å². The summed E-state index contributed by atoms with van der Waals surface area (Å²) < 4.78 is 72.3. The number of anilines is 1. The van der Waals surface area contributed by atoms with Crippen molar-refractivity contribution in [3.63, 3.8) is 0 Å². The molecule has 1 saturated carbocycles. The monoisotopic (exact) mass is 547 g/mol. The first-order chi connectivity index (χ1) is 18.3. The highest BCUT2D eigenvalue weighted by molar-refractivity contribution is 6.10. The van der Waals surface area contributed by atoms with E-state index in [1.807, 2.05) is 13.8 Å². The van der Waals surface area contributed by atoms with Gasteiger partial charge in [-0.3, -0.25) is 4.79 Å². The van der Waals surface area contributed by atoms with Gasteiger partial charge < -0.3 is 14.8 Å². The summed E-state index contributed by atoms with van der Waals surface area (Å²) in [7, 11) is 1.74. The smallest absolute Gasteiger partial charge is 0.321 e. The highest BCUT2D eigenvalue weighted by atomic mass is 19.4.